The van der Waals surface area contributed by atoms with Crippen molar-refractivity contribution in [1.82, 2.24) is 19.6 Å². The molecule has 9 rings (SSSR count). The minimum absolute atomic E-state index is 0.0872. The SMILES string of the molecule is CC(C)c1ccccc1[C@@H]1CCC[C@@H]1N1CC2(CCN(c3ccc(C(=O)NS(=O)(=O)c4ccc(NCC5CCC(C)(O)CC5)c([N+](=O)[O-])c4)c(Oc4cc5c(F)c[nH]c5nc4OC(F)F)c3)CC2)C1. The number of benzene rings is 3. The number of aromatic amines is 1. The fourth-order valence-electron chi connectivity index (χ4n) is 11.0. The van der Waals surface area contributed by atoms with Crippen LogP contribution in [0.2, 0.25) is 0 Å². The van der Waals surface area contributed by atoms with Crippen molar-refractivity contribution in [3.63, 3.8) is 0 Å². The number of nitrogens with one attached hydrogen (secondary N) is 3. The van der Waals surface area contributed by atoms with Crippen LogP contribution in [0.5, 0.6) is 17.4 Å². The van der Waals surface area contributed by atoms with Crippen LogP contribution in [-0.2, 0) is 10.0 Å². The number of hydrogen-bond donors (Lipinski definition) is 4. The molecular weight excluding hydrogens is 916 g/mol. The van der Waals surface area contributed by atoms with Crippen molar-refractivity contribution in [2.24, 2.45) is 11.3 Å². The Balaban J connectivity index is 0.943. The number of carbonyl (C=O) groups excluding carboxylic acids is 1. The number of nitro groups is 1. The number of amides is 1. The average Bonchev–Trinajstić information content (AvgIpc) is 3.93. The number of hydrogen-bond acceptors (Lipinski definition) is 12. The van der Waals surface area contributed by atoms with E-state index in [1.165, 1.54) is 48.6 Å². The molecule has 0 radical (unpaired) electrons. The van der Waals surface area contributed by atoms with Gasteiger partial charge in [-0.05, 0) is 117 Å². The van der Waals surface area contributed by atoms with Crippen LogP contribution < -0.4 is 24.4 Å². The first-order valence-electron chi connectivity index (χ1n) is 23.7. The van der Waals surface area contributed by atoms with E-state index in [0.717, 1.165) is 50.3 Å². The van der Waals surface area contributed by atoms with Crippen molar-refractivity contribution in [3.8, 4) is 17.4 Å². The number of nitro benzene ring substituents is 1. The topological polar surface area (TPSA) is 192 Å². The number of carbonyl (C=O) groups is 1. The maximum absolute atomic E-state index is 14.8. The van der Waals surface area contributed by atoms with Crippen LogP contribution in [0.1, 0.15) is 112 Å². The number of sulfonamides is 1. The van der Waals surface area contributed by atoms with Gasteiger partial charge in [-0.3, -0.25) is 19.8 Å². The third kappa shape index (κ3) is 10.2. The number of likely N-dealkylation sites (tertiary alicyclic amines) is 1. The highest BCUT2D eigenvalue weighted by Gasteiger charge is 2.49. The fraction of sp³-hybridized carbons (Fsp3) is 0.480. The summed E-state index contributed by atoms with van der Waals surface area (Å²) in [7, 11) is -4.77. The molecule has 0 unspecified atom stereocenters. The number of pyridine rings is 1. The molecule has 368 valence electrons. The van der Waals surface area contributed by atoms with Crippen molar-refractivity contribution in [1.29, 1.82) is 0 Å². The van der Waals surface area contributed by atoms with E-state index in [0.29, 0.717) is 68.9 Å². The van der Waals surface area contributed by atoms with E-state index in [1.54, 1.807) is 13.0 Å². The van der Waals surface area contributed by atoms with Crippen LogP contribution in [0.25, 0.3) is 11.0 Å². The molecule has 2 saturated carbocycles. The number of piperidine rings is 1. The number of nitrogens with zero attached hydrogens (tertiary/aromatic N) is 4. The Morgan fingerprint density at radius 3 is 2.45 bits per heavy atom. The number of H-pyrrole nitrogens is 1. The molecule has 2 aliphatic heterocycles. The fourth-order valence-corrected chi connectivity index (χ4v) is 12.0. The first kappa shape index (κ1) is 48.1. The largest absolute Gasteiger partial charge is 0.451 e. The Hall–Kier alpha value is -5.92. The maximum Gasteiger partial charge on any atom is 0.388 e. The van der Waals surface area contributed by atoms with Crippen molar-refractivity contribution in [3.05, 3.63) is 106 Å². The lowest BCUT2D eigenvalue weighted by atomic mass is 9.70. The molecule has 19 heteroatoms. The third-order valence-electron chi connectivity index (χ3n) is 14.9. The van der Waals surface area contributed by atoms with Crippen LogP contribution in [0.4, 0.5) is 30.2 Å². The Kier molecular flexibility index (Phi) is 13.3. The summed E-state index contributed by atoms with van der Waals surface area (Å²) in [6.45, 7) is 6.61. The molecule has 2 saturated heterocycles. The van der Waals surface area contributed by atoms with Gasteiger partial charge in [0.05, 0.1) is 26.4 Å². The summed E-state index contributed by atoms with van der Waals surface area (Å²) in [5, 5.41) is 25.4. The Morgan fingerprint density at radius 2 is 1.74 bits per heavy atom. The number of aliphatic hydroxyl groups is 1. The molecule has 4 heterocycles. The van der Waals surface area contributed by atoms with Gasteiger partial charge >= 0.3 is 6.61 Å². The van der Waals surface area contributed by atoms with E-state index in [4.69, 9.17) is 4.74 Å². The molecule has 3 aromatic carbocycles. The average molecular weight is 974 g/mol. The van der Waals surface area contributed by atoms with E-state index < -0.39 is 61.1 Å². The van der Waals surface area contributed by atoms with E-state index in [2.05, 4.69) is 67.9 Å². The van der Waals surface area contributed by atoms with Gasteiger partial charge in [0.1, 0.15) is 22.9 Å². The van der Waals surface area contributed by atoms with Crippen LogP contribution >= 0.6 is 0 Å². The van der Waals surface area contributed by atoms with Crippen LogP contribution in [-0.4, -0.2) is 90.2 Å². The number of rotatable bonds is 15. The van der Waals surface area contributed by atoms with Gasteiger partial charge in [-0.15, -0.1) is 0 Å². The lowest BCUT2D eigenvalue weighted by Gasteiger charge is -2.57. The Bertz CT molecular complexity index is 2830. The molecule has 4 aliphatic rings. The quantitative estimate of drug-likeness (QED) is 0.0574. The van der Waals surface area contributed by atoms with E-state index in [1.807, 2.05) is 4.72 Å². The molecule has 2 aliphatic carbocycles. The minimum atomic E-state index is -4.77. The first-order chi connectivity index (χ1) is 32.9. The maximum atomic E-state index is 14.8. The zero-order valence-electron chi connectivity index (χ0n) is 38.9. The molecule has 2 atom stereocenters. The summed E-state index contributed by atoms with van der Waals surface area (Å²) >= 11 is 0. The van der Waals surface area contributed by atoms with Gasteiger partial charge in [0.25, 0.3) is 27.5 Å². The molecule has 1 amide bonds. The zero-order valence-corrected chi connectivity index (χ0v) is 39.7. The standard InChI is InChI=1S/C50H58F3N7O8S/c1-30(2)34-7-4-5-8-35(34)36-9-6-10-41(36)59-28-50(29-59)19-21-58(22-20-50)32-11-13-37(43(23-32)67-44-25-38-39(51)27-55-45(38)56-47(44)68-48(52)53)46(61)57-69(65,66)33-12-14-40(42(24-33)60(63)64)54-26-31-15-17-49(3,62)18-16-31/h4-5,7-8,11-14,23-25,27,30-31,36,41,48,54,62H,6,9-10,15-22,26,28-29H2,1-3H3,(H,55,56)(H,57,61)/t31?,36-,41-,49?/m0/s1. The summed E-state index contributed by atoms with van der Waals surface area (Å²) in [4.78, 5) is 36.3. The van der Waals surface area contributed by atoms with Crippen LogP contribution in [0.15, 0.2) is 77.8 Å². The molecule has 15 nitrogen and oxygen atoms in total. The molecular formula is C50H58F3N7O8S. The number of aromatic nitrogens is 2. The van der Waals surface area contributed by atoms with E-state index in [-0.39, 0.29) is 39.4 Å². The van der Waals surface area contributed by atoms with Crippen molar-refractivity contribution < 1.29 is 45.9 Å². The highest BCUT2D eigenvalue weighted by Crippen LogP contribution is 2.49. The van der Waals surface area contributed by atoms with Crippen molar-refractivity contribution >= 4 is 44.0 Å². The second-order valence-electron chi connectivity index (χ2n) is 20.0. The van der Waals surface area contributed by atoms with Gasteiger partial charge in [0.2, 0.25) is 0 Å². The van der Waals surface area contributed by atoms with Crippen molar-refractivity contribution in [2.45, 2.75) is 114 Å². The van der Waals surface area contributed by atoms with Gasteiger partial charge < -0.3 is 29.8 Å². The first-order valence-corrected chi connectivity index (χ1v) is 25.2. The summed E-state index contributed by atoms with van der Waals surface area (Å²) in [6.07, 6.45) is 8.91. The van der Waals surface area contributed by atoms with Gasteiger partial charge in [0, 0.05) is 68.8 Å². The molecule has 0 bridgehead atoms. The third-order valence-corrected chi connectivity index (χ3v) is 16.2. The lowest BCUT2D eigenvalue weighted by molar-refractivity contribution is -0.384. The normalized spacial score (nSPS) is 22.8. The number of ether oxygens (including phenoxy) is 2. The number of anilines is 2. The molecule has 4 N–H and O–H groups in total. The second-order valence-corrected chi connectivity index (χ2v) is 21.6. The number of halogens is 3. The summed E-state index contributed by atoms with van der Waals surface area (Å²) in [6, 6.07) is 18.1. The van der Waals surface area contributed by atoms with Crippen LogP contribution in [0, 0.1) is 27.3 Å². The number of fused-ring (bicyclic) bond motifs is 1. The molecule has 4 fully saturated rings. The van der Waals surface area contributed by atoms with Crippen LogP contribution in [0.3, 0.4) is 0 Å². The Labute approximate surface area is 399 Å². The molecule has 69 heavy (non-hydrogen) atoms. The summed E-state index contributed by atoms with van der Waals surface area (Å²) in [5.41, 5.74) is 1.99. The smallest absolute Gasteiger partial charge is 0.388 e. The summed E-state index contributed by atoms with van der Waals surface area (Å²) < 4.78 is 82.6. The molecule has 1 spiro atoms. The van der Waals surface area contributed by atoms with Crippen molar-refractivity contribution in [2.75, 3.05) is 42.9 Å². The van der Waals surface area contributed by atoms with Gasteiger partial charge in [-0.1, -0.05) is 44.5 Å². The number of alkyl halides is 2. The van der Waals surface area contributed by atoms with E-state index in [9.17, 15) is 41.6 Å². The summed E-state index contributed by atoms with van der Waals surface area (Å²) in [5.74, 6) is -2.32. The second kappa shape index (κ2) is 19.1. The predicted octanol–water partition coefficient (Wildman–Crippen LogP) is 9.84. The monoisotopic (exact) mass is 973 g/mol. The zero-order chi connectivity index (χ0) is 48.8. The Morgan fingerprint density at radius 1 is 1.00 bits per heavy atom. The molecule has 5 aromatic rings. The van der Waals surface area contributed by atoms with Gasteiger partial charge in [-0.25, -0.2) is 17.5 Å². The molecule has 2 aromatic heterocycles. The predicted molar refractivity (Wildman–Crippen MR) is 254 cm³/mol. The lowest BCUT2D eigenvalue weighted by Crippen LogP contribution is -2.63. The van der Waals surface area contributed by atoms with Gasteiger partial charge in [-0.2, -0.15) is 13.8 Å². The minimum Gasteiger partial charge on any atom is -0.451 e. The highest BCUT2D eigenvalue weighted by atomic mass is 32.2. The highest BCUT2D eigenvalue weighted by molar-refractivity contribution is 7.90. The van der Waals surface area contributed by atoms with Gasteiger partial charge in [0.15, 0.2) is 5.75 Å². The van der Waals surface area contributed by atoms with E-state index >= 15 is 0 Å².